The molecular formula is C32H35F2N7O4. The summed E-state index contributed by atoms with van der Waals surface area (Å²) in [6, 6.07) is 11.2. The summed E-state index contributed by atoms with van der Waals surface area (Å²) in [6.45, 7) is 3.94. The number of carbonyl (C=O) groups excluding carboxylic acids is 2. The number of alkyl halides is 2. The maximum Gasteiger partial charge on any atom is 0.282 e. The minimum atomic E-state index is -2.96. The first-order valence-electron chi connectivity index (χ1n) is 14.7. The standard InChI is InChI=1S/C32H35F2N7O4/c1-19(2)37-27-12-22(24-7-4-20(14-35)10-25(24)30(43)40-17-32(33,34)18-40)13-28(38-27)39-29(42)26-11-21(15-36-8-9-45-3)16-41(31(26)44)23-5-6-23/h4,7,10-13,16,19,23,36H,5-6,8-9,15,17-18H2,1-3H3,(H2,37,38,39,42). The summed E-state index contributed by atoms with van der Waals surface area (Å²) < 4.78 is 33.9. The number of carbonyl (C=O) groups is 2. The highest BCUT2D eigenvalue weighted by Gasteiger charge is 2.46. The van der Waals surface area contributed by atoms with Crippen molar-refractivity contribution in [1.29, 1.82) is 5.26 Å². The van der Waals surface area contributed by atoms with Crippen LogP contribution < -0.4 is 21.5 Å². The fourth-order valence-corrected chi connectivity index (χ4v) is 5.12. The minimum Gasteiger partial charge on any atom is -0.383 e. The van der Waals surface area contributed by atoms with Crippen molar-refractivity contribution in [1.82, 2.24) is 19.8 Å². The van der Waals surface area contributed by atoms with Gasteiger partial charge in [-0.15, -0.1) is 0 Å². The minimum absolute atomic E-state index is 0.0357. The van der Waals surface area contributed by atoms with Crippen molar-refractivity contribution in [2.75, 3.05) is 44.0 Å². The number of benzene rings is 1. The highest BCUT2D eigenvalue weighted by Crippen LogP contribution is 2.35. The summed E-state index contributed by atoms with van der Waals surface area (Å²) in [5.41, 5.74) is 1.42. The smallest absolute Gasteiger partial charge is 0.282 e. The molecule has 1 saturated carbocycles. The Hall–Kier alpha value is -4.67. The van der Waals surface area contributed by atoms with Crippen LogP contribution in [-0.2, 0) is 11.3 Å². The zero-order chi connectivity index (χ0) is 32.3. The first-order valence-corrected chi connectivity index (χ1v) is 14.7. The molecule has 0 unspecified atom stereocenters. The molecule has 0 spiro atoms. The predicted molar refractivity (Wildman–Crippen MR) is 165 cm³/mol. The van der Waals surface area contributed by atoms with Crippen LogP contribution in [0.3, 0.4) is 0 Å². The van der Waals surface area contributed by atoms with E-state index in [0.717, 1.165) is 23.3 Å². The SMILES string of the molecule is COCCNCc1cc(C(=O)Nc2cc(-c3ccc(C#N)cc3C(=O)N3CC(F)(F)C3)cc(NC(C)C)n2)c(=O)n(C2CC2)c1. The van der Waals surface area contributed by atoms with Crippen LogP contribution in [0.2, 0.25) is 0 Å². The van der Waals surface area contributed by atoms with Gasteiger partial charge in [0.1, 0.15) is 17.2 Å². The number of nitriles is 1. The fourth-order valence-electron chi connectivity index (χ4n) is 5.12. The topological polar surface area (TPSA) is 141 Å². The average Bonchev–Trinajstić information content (AvgIpc) is 3.83. The van der Waals surface area contributed by atoms with Gasteiger partial charge >= 0.3 is 0 Å². The molecule has 5 rings (SSSR count). The van der Waals surface area contributed by atoms with E-state index in [2.05, 4.69) is 20.9 Å². The van der Waals surface area contributed by atoms with E-state index in [1.807, 2.05) is 19.9 Å². The van der Waals surface area contributed by atoms with E-state index < -0.39 is 36.4 Å². The summed E-state index contributed by atoms with van der Waals surface area (Å²) in [5, 5.41) is 18.6. The van der Waals surface area contributed by atoms with Crippen LogP contribution in [0, 0.1) is 11.3 Å². The van der Waals surface area contributed by atoms with Gasteiger partial charge in [-0.3, -0.25) is 14.4 Å². The molecule has 1 saturated heterocycles. The molecule has 2 amide bonds. The molecule has 1 aliphatic carbocycles. The number of nitrogens with zero attached hydrogens (tertiary/aromatic N) is 4. The van der Waals surface area contributed by atoms with Crippen molar-refractivity contribution < 1.29 is 23.1 Å². The first-order chi connectivity index (χ1) is 21.5. The van der Waals surface area contributed by atoms with E-state index in [4.69, 9.17) is 4.74 Å². The third-order valence-electron chi connectivity index (χ3n) is 7.42. The number of ether oxygens (including phenoxy) is 1. The zero-order valence-electron chi connectivity index (χ0n) is 25.3. The molecule has 2 aromatic heterocycles. The Balaban J connectivity index is 1.50. The first kappa shape index (κ1) is 31.7. The van der Waals surface area contributed by atoms with Gasteiger partial charge in [0.15, 0.2) is 0 Å². The number of rotatable bonds is 12. The number of likely N-dealkylation sites (tertiary alicyclic amines) is 1. The fraction of sp³-hybridized carbons (Fsp3) is 0.406. The second-order valence-electron chi connectivity index (χ2n) is 11.6. The molecule has 1 aromatic carbocycles. The van der Waals surface area contributed by atoms with Gasteiger partial charge in [0.05, 0.1) is 31.3 Å². The highest BCUT2D eigenvalue weighted by molar-refractivity contribution is 6.05. The van der Waals surface area contributed by atoms with Gasteiger partial charge in [0, 0.05) is 44.0 Å². The molecule has 0 radical (unpaired) electrons. The molecular weight excluding hydrogens is 584 g/mol. The Morgan fingerprint density at radius 2 is 1.87 bits per heavy atom. The normalized spacial score (nSPS) is 15.4. The van der Waals surface area contributed by atoms with E-state index in [9.17, 15) is 28.4 Å². The van der Waals surface area contributed by atoms with Gasteiger partial charge in [0.2, 0.25) is 0 Å². The van der Waals surface area contributed by atoms with Crippen LogP contribution in [0.4, 0.5) is 20.4 Å². The highest BCUT2D eigenvalue weighted by atomic mass is 19.3. The van der Waals surface area contributed by atoms with Crippen molar-refractivity contribution in [2.45, 2.75) is 51.2 Å². The van der Waals surface area contributed by atoms with Gasteiger partial charge in [-0.25, -0.2) is 13.8 Å². The van der Waals surface area contributed by atoms with Crippen molar-refractivity contribution in [3.63, 3.8) is 0 Å². The Kier molecular flexibility index (Phi) is 9.27. The number of aromatic nitrogens is 2. The average molecular weight is 620 g/mol. The Bertz CT molecular complexity index is 1700. The third-order valence-corrected chi connectivity index (χ3v) is 7.42. The Labute approximate surface area is 259 Å². The van der Waals surface area contributed by atoms with Crippen molar-refractivity contribution >= 4 is 23.5 Å². The molecule has 236 valence electrons. The molecule has 3 heterocycles. The summed E-state index contributed by atoms with van der Waals surface area (Å²) in [7, 11) is 1.61. The van der Waals surface area contributed by atoms with Crippen LogP contribution in [-0.4, -0.2) is 71.6 Å². The molecule has 0 bridgehead atoms. The predicted octanol–water partition coefficient (Wildman–Crippen LogP) is 4.02. The van der Waals surface area contributed by atoms with Gasteiger partial charge in [0.25, 0.3) is 23.3 Å². The van der Waals surface area contributed by atoms with Crippen molar-refractivity contribution in [2.24, 2.45) is 0 Å². The number of halogens is 2. The molecule has 2 fully saturated rings. The summed E-state index contributed by atoms with van der Waals surface area (Å²) in [6.07, 6.45) is 3.49. The maximum atomic E-state index is 13.6. The maximum absolute atomic E-state index is 13.6. The lowest BCUT2D eigenvalue weighted by Gasteiger charge is -2.39. The van der Waals surface area contributed by atoms with Crippen LogP contribution in [0.15, 0.2) is 47.4 Å². The quantitative estimate of drug-likeness (QED) is 0.258. The Morgan fingerprint density at radius 3 is 2.51 bits per heavy atom. The van der Waals surface area contributed by atoms with Crippen LogP contribution in [0.25, 0.3) is 11.1 Å². The third kappa shape index (κ3) is 7.53. The molecule has 11 nitrogen and oxygen atoms in total. The lowest BCUT2D eigenvalue weighted by molar-refractivity contribution is -0.113. The monoisotopic (exact) mass is 619 g/mol. The number of amides is 2. The van der Waals surface area contributed by atoms with Crippen molar-refractivity contribution in [3.05, 3.63) is 75.2 Å². The number of anilines is 2. The van der Waals surface area contributed by atoms with E-state index in [-0.39, 0.29) is 34.6 Å². The van der Waals surface area contributed by atoms with Gasteiger partial charge in [-0.1, -0.05) is 6.07 Å². The van der Waals surface area contributed by atoms with Crippen LogP contribution in [0.5, 0.6) is 0 Å². The summed E-state index contributed by atoms with van der Waals surface area (Å²) >= 11 is 0. The molecule has 3 aromatic rings. The second kappa shape index (κ2) is 13.1. The second-order valence-corrected chi connectivity index (χ2v) is 11.6. The molecule has 0 atom stereocenters. The molecule has 1 aliphatic heterocycles. The number of hydrogen-bond donors (Lipinski definition) is 3. The number of nitrogens with one attached hydrogen (secondary N) is 3. The molecule has 3 N–H and O–H groups in total. The molecule has 2 aliphatic rings. The summed E-state index contributed by atoms with van der Waals surface area (Å²) in [4.78, 5) is 45.8. The van der Waals surface area contributed by atoms with Crippen molar-refractivity contribution in [3.8, 4) is 17.2 Å². The lowest BCUT2D eigenvalue weighted by atomic mass is 9.95. The largest absolute Gasteiger partial charge is 0.383 e. The van der Waals surface area contributed by atoms with Gasteiger partial charge in [-0.05, 0) is 73.7 Å². The number of pyridine rings is 2. The van der Waals surface area contributed by atoms with Gasteiger partial charge < -0.3 is 30.2 Å². The number of hydrogen-bond acceptors (Lipinski definition) is 8. The molecule has 45 heavy (non-hydrogen) atoms. The summed E-state index contributed by atoms with van der Waals surface area (Å²) in [5.74, 6) is -3.75. The van der Waals surface area contributed by atoms with E-state index >= 15 is 0 Å². The molecule has 13 heteroatoms. The Morgan fingerprint density at radius 1 is 1.13 bits per heavy atom. The van der Waals surface area contributed by atoms with Crippen LogP contribution >= 0.6 is 0 Å². The lowest BCUT2D eigenvalue weighted by Crippen LogP contribution is -2.58. The van der Waals surface area contributed by atoms with Gasteiger partial charge in [-0.2, -0.15) is 5.26 Å². The van der Waals surface area contributed by atoms with E-state index in [0.29, 0.717) is 36.6 Å². The zero-order valence-corrected chi connectivity index (χ0v) is 25.3. The number of methoxy groups -OCH3 is 1. The van der Waals surface area contributed by atoms with E-state index in [1.165, 1.54) is 12.1 Å². The van der Waals surface area contributed by atoms with Crippen LogP contribution in [0.1, 0.15) is 64.6 Å². The van der Waals surface area contributed by atoms with E-state index in [1.54, 1.807) is 42.1 Å².